The van der Waals surface area contributed by atoms with E-state index in [0.717, 1.165) is 25.7 Å². The molecular weight excluding hydrogens is 216 g/mol. The second-order valence-corrected chi connectivity index (χ2v) is 6.47. The number of ether oxygens (including phenoxy) is 1. The van der Waals surface area contributed by atoms with Crippen LogP contribution < -0.4 is 5.73 Å². The van der Waals surface area contributed by atoms with Gasteiger partial charge in [-0.15, -0.1) is 0 Å². The van der Waals surface area contributed by atoms with Crippen LogP contribution in [0.4, 0.5) is 4.79 Å². The molecule has 4 nitrogen and oxygen atoms in total. The number of hydrogen-bond donors (Lipinski definition) is 1. The Kier molecular flexibility index (Phi) is 2.89. The Morgan fingerprint density at radius 3 is 2.35 bits per heavy atom. The summed E-state index contributed by atoms with van der Waals surface area (Å²) >= 11 is 0. The molecule has 0 aromatic rings. The van der Waals surface area contributed by atoms with Gasteiger partial charge in [0.15, 0.2) is 0 Å². The van der Waals surface area contributed by atoms with Gasteiger partial charge in [-0.2, -0.15) is 0 Å². The fourth-order valence-electron chi connectivity index (χ4n) is 3.28. The second kappa shape index (κ2) is 3.87. The van der Waals surface area contributed by atoms with E-state index in [1.54, 1.807) is 0 Å². The molecule has 1 atom stereocenters. The summed E-state index contributed by atoms with van der Waals surface area (Å²) in [5, 5.41) is 0. The molecule has 2 bridgehead atoms. The van der Waals surface area contributed by atoms with E-state index in [1.807, 2.05) is 32.6 Å². The highest BCUT2D eigenvalue weighted by molar-refractivity contribution is 5.71. The van der Waals surface area contributed by atoms with Gasteiger partial charge in [-0.1, -0.05) is 0 Å². The molecule has 4 heteroatoms. The number of hydrogen-bond acceptors (Lipinski definition) is 3. The molecule has 98 valence electrons. The maximum atomic E-state index is 12.3. The van der Waals surface area contributed by atoms with E-state index in [4.69, 9.17) is 10.5 Å². The molecule has 0 radical (unpaired) electrons. The van der Waals surface area contributed by atoms with Gasteiger partial charge in [-0.05, 0) is 53.4 Å². The largest absolute Gasteiger partial charge is 0.444 e. The molecule has 1 amide bonds. The van der Waals surface area contributed by atoms with Gasteiger partial charge in [-0.3, -0.25) is 4.90 Å². The topological polar surface area (TPSA) is 55.6 Å². The second-order valence-electron chi connectivity index (χ2n) is 6.47. The van der Waals surface area contributed by atoms with Gasteiger partial charge in [0.25, 0.3) is 0 Å². The zero-order chi connectivity index (χ0) is 12.8. The molecule has 0 aliphatic carbocycles. The predicted molar refractivity (Wildman–Crippen MR) is 66.7 cm³/mol. The van der Waals surface area contributed by atoms with Crippen LogP contribution in [0.1, 0.15) is 53.4 Å². The third-order valence-corrected chi connectivity index (χ3v) is 4.10. The molecule has 2 aliphatic rings. The van der Waals surface area contributed by atoms with Gasteiger partial charge in [0, 0.05) is 12.1 Å². The summed E-state index contributed by atoms with van der Waals surface area (Å²) in [5.74, 6) is 0. The minimum absolute atomic E-state index is 0.0162. The number of fused-ring (bicyclic) bond motifs is 2. The van der Waals surface area contributed by atoms with Crippen LogP contribution in [0.3, 0.4) is 0 Å². The quantitative estimate of drug-likeness (QED) is 0.765. The number of carbonyl (C=O) groups excluding carboxylic acids is 1. The minimum Gasteiger partial charge on any atom is -0.444 e. The van der Waals surface area contributed by atoms with Crippen LogP contribution in [-0.4, -0.2) is 34.2 Å². The van der Waals surface area contributed by atoms with Crippen molar-refractivity contribution in [1.82, 2.24) is 4.90 Å². The average Bonchev–Trinajstić information content (AvgIpc) is 2.70. The lowest BCUT2D eigenvalue weighted by atomic mass is 9.83. The summed E-state index contributed by atoms with van der Waals surface area (Å²) in [5.41, 5.74) is 5.53. The van der Waals surface area contributed by atoms with Crippen molar-refractivity contribution < 1.29 is 9.53 Å². The van der Waals surface area contributed by atoms with Crippen molar-refractivity contribution in [3.8, 4) is 0 Å². The molecule has 2 fully saturated rings. The Labute approximate surface area is 103 Å². The first-order valence-electron chi connectivity index (χ1n) is 6.54. The smallest absolute Gasteiger partial charge is 0.411 e. The maximum Gasteiger partial charge on any atom is 0.411 e. The highest BCUT2D eigenvalue weighted by Gasteiger charge is 2.56. The molecule has 0 saturated carbocycles. The molecule has 2 aliphatic heterocycles. The normalized spacial score (nSPS) is 33.9. The number of nitrogens with zero attached hydrogens (tertiary/aromatic N) is 1. The zero-order valence-electron chi connectivity index (χ0n) is 11.3. The van der Waals surface area contributed by atoms with Gasteiger partial charge in [0.05, 0.1) is 5.54 Å². The van der Waals surface area contributed by atoms with Gasteiger partial charge in [-0.25, -0.2) is 4.79 Å². The number of nitrogens with two attached hydrogens (primary N) is 1. The third-order valence-electron chi connectivity index (χ3n) is 4.10. The van der Waals surface area contributed by atoms with Crippen LogP contribution in [-0.2, 0) is 4.74 Å². The van der Waals surface area contributed by atoms with E-state index >= 15 is 0 Å². The van der Waals surface area contributed by atoms with Gasteiger partial charge in [0.1, 0.15) is 5.60 Å². The van der Waals surface area contributed by atoms with Gasteiger partial charge >= 0.3 is 6.09 Å². The summed E-state index contributed by atoms with van der Waals surface area (Å²) < 4.78 is 5.51. The number of rotatable bonds is 1. The van der Waals surface area contributed by atoms with E-state index in [0.29, 0.717) is 6.04 Å². The summed E-state index contributed by atoms with van der Waals surface area (Å²) in [6, 6.07) is 0.360. The lowest BCUT2D eigenvalue weighted by Crippen LogP contribution is -2.56. The Morgan fingerprint density at radius 2 is 1.94 bits per heavy atom. The van der Waals surface area contributed by atoms with Crippen molar-refractivity contribution in [1.29, 1.82) is 0 Å². The van der Waals surface area contributed by atoms with E-state index in [9.17, 15) is 4.79 Å². The summed E-state index contributed by atoms with van der Waals surface area (Å²) in [6.07, 6.45) is 4.00. The molecular formula is C13H24N2O2. The Hall–Kier alpha value is -0.770. The van der Waals surface area contributed by atoms with Crippen molar-refractivity contribution in [2.45, 2.75) is 76.6 Å². The lowest BCUT2D eigenvalue weighted by Gasteiger charge is -2.38. The van der Waals surface area contributed by atoms with E-state index in [2.05, 4.69) is 0 Å². The number of carbonyl (C=O) groups is 1. The van der Waals surface area contributed by atoms with Crippen LogP contribution in [0.25, 0.3) is 0 Å². The Bertz CT molecular complexity index is 312. The average molecular weight is 240 g/mol. The minimum atomic E-state index is -0.432. The highest BCUT2D eigenvalue weighted by atomic mass is 16.6. The number of amides is 1. The van der Waals surface area contributed by atoms with Crippen LogP contribution in [0, 0.1) is 0 Å². The maximum absolute atomic E-state index is 12.3. The molecule has 2 N–H and O–H groups in total. The molecule has 2 rings (SSSR count). The highest BCUT2D eigenvalue weighted by Crippen LogP contribution is 2.48. The van der Waals surface area contributed by atoms with Gasteiger partial charge < -0.3 is 10.5 Å². The Balaban J connectivity index is 2.18. The third kappa shape index (κ3) is 2.03. The van der Waals surface area contributed by atoms with Crippen LogP contribution in [0.2, 0.25) is 0 Å². The monoisotopic (exact) mass is 240 g/mol. The molecule has 0 aromatic carbocycles. The predicted octanol–water partition coefficient (Wildman–Crippen LogP) is 2.27. The first-order valence-corrected chi connectivity index (χ1v) is 6.54. The first kappa shape index (κ1) is 12.7. The lowest BCUT2D eigenvalue weighted by molar-refractivity contribution is 0.00625. The van der Waals surface area contributed by atoms with Crippen LogP contribution in [0.15, 0.2) is 0 Å². The van der Waals surface area contributed by atoms with Crippen molar-refractivity contribution in [3.63, 3.8) is 0 Å². The van der Waals surface area contributed by atoms with E-state index in [1.165, 1.54) is 0 Å². The van der Waals surface area contributed by atoms with Crippen LogP contribution >= 0.6 is 0 Å². The Morgan fingerprint density at radius 1 is 1.41 bits per heavy atom. The fourth-order valence-corrected chi connectivity index (χ4v) is 3.28. The zero-order valence-corrected chi connectivity index (χ0v) is 11.3. The summed E-state index contributed by atoms with van der Waals surface area (Å²) in [4.78, 5) is 14.2. The molecule has 2 saturated heterocycles. The van der Waals surface area contributed by atoms with Crippen molar-refractivity contribution in [3.05, 3.63) is 0 Å². The SMILES string of the molecule is CC(N)C12CCC(CC1)N2C(=O)OC(C)(C)C. The molecule has 0 spiro atoms. The summed E-state index contributed by atoms with van der Waals surface area (Å²) in [6.45, 7) is 7.72. The van der Waals surface area contributed by atoms with Gasteiger partial charge in [0.2, 0.25) is 0 Å². The first-order chi connectivity index (χ1) is 7.76. The van der Waals surface area contributed by atoms with Crippen molar-refractivity contribution >= 4 is 6.09 Å². The van der Waals surface area contributed by atoms with Crippen molar-refractivity contribution in [2.24, 2.45) is 5.73 Å². The van der Waals surface area contributed by atoms with Crippen molar-refractivity contribution in [2.75, 3.05) is 0 Å². The fraction of sp³-hybridized carbons (Fsp3) is 0.923. The molecule has 17 heavy (non-hydrogen) atoms. The van der Waals surface area contributed by atoms with E-state index in [-0.39, 0.29) is 17.7 Å². The standard InChI is InChI=1S/C13H24N2O2/c1-9(14)13-7-5-10(6-8-13)15(13)11(16)17-12(2,3)4/h9-10H,5-8,14H2,1-4H3. The summed E-state index contributed by atoms with van der Waals surface area (Å²) in [7, 11) is 0. The molecule has 2 heterocycles. The van der Waals surface area contributed by atoms with Crippen LogP contribution in [0.5, 0.6) is 0 Å². The van der Waals surface area contributed by atoms with E-state index < -0.39 is 5.60 Å². The molecule has 1 unspecified atom stereocenters. The molecule has 0 aromatic heterocycles.